The van der Waals surface area contributed by atoms with Crippen molar-refractivity contribution in [3.8, 4) is 0 Å². The van der Waals surface area contributed by atoms with Crippen molar-refractivity contribution in [3.63, 3.8) is 0 Å². The average Bonchev–Trinajstić information content (AvgIpc) is 2.55. The minimum Gasteiger partial charge on any atom is -0.465 e. The van der Waals surface area contributed by atoms with E-state index in [9.17, 15) is 9.59 Å². The van der Waals surface area contributed by atoms with Gasteiger partial charge in [-0.1, -0.05) is 32.4 Å². The molecular weight excluding hydrogens is 326 g/mol. The van der Waals surface area contributed by atoms with Gasteiger partial charge in [-0.05, 0) is 55.2 Å². The van der Waals surface area contributed by atoms with E-state index in [1.807, 2.05) is 0 Å². The molecule has 1 saturated carbocycles. The fourth-order valence-electron chi connectivity index (χ4n) is 3.32. The second-order valence-corrected chi connectivity index (χ2v) is 8.00. The first-order valence-corrected chi connectivity index (χ1v) is 8.79. The highest BCUT2D eigenvalue weighted by Crippen LogP contribution is 2.40. The average molecular weight is 352 g/mol. The minimum atomic E-state index is -0.451. The van der Waals surface area contributed by atoms with Gasteiger partial charge in [0, 0.05) is 5.92 Å². The van der Waals surface area contributed by atoms with Crippen molar-refractivity contribution in [2.45, 2.75) is 46.5 Å². The van der Waals surface area contributed by atoms with Gasteiger partial charge in [0.1, 0.15) is 0 Å². The van der Waals surface area contributed by atoms with Crippen molar-refractivity contribution < 1.29 is 14.3 Å². The van der Waals surface area contributed by atoms with E-state index in [-0.39, 0.29) is 11.8 Å². The van der Waals surface area contributed by atoms with Crippen LogP contribution < -0.4 is 5.32 Å². The number of amides is 1. The van der Waals surface area contributed by atoms with Crippen LogP contribution in [0.15, 0.2) is 18.2 Å². The molecule has 1 fully saturated rings. The van der Waals surface area contributed by atoms with Gasteiger partial charge in [-0.15, -0.1) is 0 Å². The number of hydrogen-bond donors (Lipinski definition) is 1. The predicted molar refractivity (Wildman–Crippen MR) is 96.3 cm³/mol. The summed E-state index contributed by atoms with van der Waals surface area (Å²) in [4.78, 5) is 24.2. The zero-order valence-corrected chi connectivity index (χ0v) is 15.6. The smallest absolute Gasteiger partial charge is 0.337 e. The van der Waals surface area contributed by atoms with E-state index >= 15 is 0 Å². The van der Waals surface area contributed by atoms with Gasteiger partial charge in [-0.25, -0.2) is 4.79 Å². The molecule has 1 aliphatic rings. The maximum atomic E-state index is 12.5. The lowest BCUT2D eigenvalue weighted by Gasteiger charge is -2.36. The van der Waals surface area contributed by atoms with Crippen LogP contribution in [-0.4, -0.2) is 19.0 Å². The summed E-state index contributed by atoms with van der Waals surface area (Å²) in [5, 5.41) is 3.29. The van der Waals surface area contributed by atoms with Crippen LogP contribution in [0.2, 0.25) is 5.02 Å². The fourth-order valence-corrected chi connectivity index (χ4v) is 3.49. The molecule has 0 radical (unpaired) electrons. The Balaban J connectivity index is 2.02. The van der Waals surface area contributed by atoms with Crippen LogP contribution in [0.1, 0.15) is 56.8 Å². The van der Waals surface area contributed by atoms with Gasteiger partial charge in [0.15, 0.2) is 0 Å². The molecule has 1 aromatic carbocycles. The molecule has 0 bridgehead atoms. The number of benzene rings is 1. The van der Waals surface area contributed by atoms with Gasteiger partial charge in [-0.2, -0.15) is 0 Å². The fraction of sp³-hybridized carbons (Fsp3) is 0.579. The molecule has 1 N–H and O–H groups in total. The van der Waals surface area contributed by atoms with Crippen molar-refractivity contribution in [1.29, 1.82) is 0 Å². The zero-order valence-electron chi connectivity index (χ0n) is 14.8. The van der Waals surface area contributed by atoms with E-state index in [4.69, 9.17) is 16.3 Å². The number of nitrogens with one attached hydrogen (secondary N) is 1. The highest BCUT2D eigenvalue weighted by atomic mass is 35.5. The number of carbonyl (C=O) groups excluding carboxylic acids is 2. The van der Waals surface area contributed by atoms with Crippen molar-refractivity contribution in [1.82, 2.24) is 0 Å². The van der Waals surface area contributed by atoms with Crippen LogP contribution in [-0.2, 0) is 9.53 Å². The van der Waals surface area contributed by atoms with Gasteiger partial charge < -0.3 is 10.1 Å². The Morgan fingerprint density at radius 2 is 1.79 bits per heavy atom. The molecule has 2 rings (SSSR count). The largest absolute Gasteiger partial charge is 0.465 e. The Bertz CT molecular complexity index is 614. The maximum Gasteiger partial charge on any atom is 0.337 e. The summed E-state index contributed by atoms with van der Waals surface area (Å²) in [6, 6.07) is 4.74. The summed E-state index contributed by atoms with van der Waals surface area (Å²) < 4.78 is 4.70. The quantitative estimate of drug-likeness (QED) is 0.786. The van der Waals surface area contributed by atoms with Gasteiger partial charge in [0.25, 0.3) is 0 Å². The topological polar surface area (TPSA) is 55.4 Å². The van der Waals surface area contributed by atoms with Gasteiger partial charge in [0.05, 0.1) is 23.4 Å². The lowest BCUT2D eigenvalue weighted by atomic mass is 9.69. The third kappa shape index (κ3) is 4.50. The summed E-state index contributed by atoms with van der Waals surface area (Å²) in [5.41, 5.74) is 1.12. The Morgan fingerprint density at radius 1 is 1.17 bits per heavy atom. The summed E-state index contributed by atoms with van der Waals surface area (Å²) in [6.07, 6.45) is 3.92. The van der Waals surface area contributed by atoms with Gasteiger partial charge in [-0.3, -0.25) is 4.79 Å². The molecule has 132 valence electrons. The van der Waals surface area contributed by atoms with Crippen LogP contribution in [0, 0.1) is 17.3 Å². The Hall–Kier alpha value is -1.55. The van der Waals surface area contributed by atoms with E-state index in [1.165, 1.54) is 7.11 Å². The Labute approximate surface area is 148 Å². The first-order valence-electron chi connectivity index (χ1n) is 8.41. The molecule has 0 unspecified atom stereocenters. The molecule has 0 atom stereocenters. The SMILES string of the molecule is COC(=O)c1ccc(Cl)c(NC(=O)C2CCC(C(C)(C)C)CC2)c1. The number of esters is 1. The summed E-state index contributed by atoms with van der Waals surface area (Å²) in [7, 11) is 1.32. The monoisotopic (exact) mass is 351 g/mol. The van der Waals surface area contributed by atoms with E-state index < -0.39 is 5.97 Å². The van der Waals surface area contributed by atoms with Crippen LogP contribution in [0.4, 0.5) is 5.69 Å². The van der Waals surface area contributed by atoms with E-state index in [1.54, 1.807) is 18.2 Å². The lowest BCUT2D eigenvalue weighted by molar-refractivity contribution is -0.121. The third-order valence-electron chi connectivity index (χ3n) is 4.97. The van der Waals surface area contributed by atoms with Crippen molar-refractivity contribution in [3.05, 3.63) is 28.8 Å². The summed E-state index contributed by atoms with van der Waals surface area (Å²) in [6.45, 7) is 6.78. The zero-order chi connectivity index (χ0) is 17.9. The lowest BCUT2D eigenvalue weighted by Crippen LogP contribution is -2.31. The van der Waals surface area contributed by atoms with Crippen LogP contribution >= 0.6 is 11.6 Å². The van der Waals surface area contributed by atoms with E-state index in [2.05, 4.69) is 26.1 Å². The molecule has 24 heavy (non-hydrogen) atoms. The van der Waals surface area contributed by atoms with E-state index in [0.717, 1.165) is 25.7 Å². The highest BCUT2D eigenvalue weighted by molar-refractivity contribution is 6.33. The standard InChI is InChI=1S/C19H26ClNO3/c1-19(2,3)14-8-5-12(6-9-14)17(22)21-16-11-13(18(23)24-4)7-10-15(16)20/h7,10-12,14H,5-6,8-9H2,1-4H3,(H,21,22). The number of anilines is 1. The number of ether oxygens (including phenoxy) is 1. The first-order chi connectivity index (χ1) is 11.2. The predicted octanol–water partition coefficient (Wildman–Crippen LogP) is 4.92. The molecule has 1 aromatic rings. The molecule has 0 heterocycles. The molecular formula is C19H26ClNO3. The number of hydrogen-bond acceptors (Lipinski definition) is 3. The molecule has 4 nitrogen and oxygen atoms in total. The normalized spacial score (nSPS) is 21.2. The number of carbonyl (C=O) groups is 2. The van der Waals surface area contributed by atoms with Crippen LogP contribution in [0.25, 0.3) is 0 Å². The van der Waals surface area contributed by atoms with Crippen LogP contribution in [0.5, 0.6) is 0 Å². The second kappa shape index (κ2) is 7.56. The molecule has 5 heteroatoms. The first kappa shape index (κ1) is 18.8. The van der Waals surface area contributed by atoms with Gasteiger partial charge >= 0.3 is 5.97 Å². The Morgan fingerprint density at radius 3 is 2.33 bits per heavy atom. The third-order valence-corrected chi connectivity index (χ3v) is 5.30. The minimum absolute atomic E-state index is 0.00134. The summed E-state index contributed by atoms with van der Waals surface area (Å²) >= 11 is 6.14. The maximum absolute atomic E-state index is 12.5. The second-order valence-electron chi connectivity index (χ2n) is 7.59. The summed E-state index contributed by atoms with van der Waals surface area (Å²) in [5.74, 6) is 0.188. The number of methoxy groups -OCH3 is 1. The highest BCUT2D eigenvalue weighted by Gasteiger charge is 2.32. The van der Waals surface area contributed by atoms with Gasteiger partial charge in [0.2, 0.25) is 5.91 Å². The van der Waals surface area contributed by atoms with Crippen molar-refractivity contribution >= 4 is 29.2 Å². The van der Waals surface area contributed by atoms with E-state index in [0.29, 0.717) is 27.6 Å². The molecule has 1 aliphatic carbocycles. The van der Waals surface area contributed by atoms with Crippen LogP contribution in [0.3, 0.4) is 0 Å². The molecule has 0 saturated heterocycles. The molecule has 0 spiro atoms. The molecule has 0 aliphatic heterocycles. The molecule has 0 aromatic heterocycles. The number of rotatable bonds is 3. The van der Waals surface area contributed by atoms with Crippen molar-refractivity contribution in [2.24, 2.45) is 17.3 Å². The molecule has 1 amide bonds. The number of halogens is 1. The van der Waals surface area contributed by atoms with Crippen molar-refractivity contribution in [2.75, 3.05) is 12.4 Å². The Kier molecular flexibility index (Phi) is 5.92.